The molecule has 0 saturated heterocycles. The van der Waals surface area contributed by atoms with E-state index in [-0.39, 0.29) is 5.82 Å². The van der Waals surface area contributed by atoms with Crippen LogP contribution in [-0.4, -0.2) is 17.0 Å². The van der Waals surface area contributed by atoms with Crippen LogP contribution >= 0.6 is 11.6 Å². The van der Waals surface area contributed by atoms with E-state index < -0.39 is 17.2 Å². The number of hydrogen-bond donors (Lipinski definition) is 0. The molecule has 0 aliphatic rings. The molecule has 4 nitrogen and oxygen atoms in total. The van der Waals surface area contributed by atoms with Crippen molar-refractivity contribution >= 4 is 17.4 Å². The fraction of sp³-hybridized carbons (Fsp3) is 0.333. The highest BCUT2D eigenvalue weighted by Gasteiger charge is 2.34. The minimum Gasteiger partial charge on any atom is -0.469 e. The van der Waals surface area contributed by atoms with Crippen LogP contribution in [0.1, 0.15) is 17.0 Å². The topological polar surface area (TPSA) is 42.2 Å². The van der Waals surface area contributed by atoms with Gasteiger partial charge < -0.3 is 9.32 Å². The summed E-state index contributed by atoms with van der Waals surface area (Å²) >= 11 is 5.55. The van der Waals surface area contributed by atoms with Crippen LogP contribution < -0.4 is 4.90 Å². The number of rotatable bonds is 3. The van der Waals surface area contributed by atoms with Crippen LogP contribution in [0.25, 0.3) is 0 Å². The molecule has 0 fully saturated rings. The second-order valence-corrected chi connectivity index (χ2v) is 4.57. The molecule has 2 rings (SSSR count). The molecule has 2 aromatic heterocycles. The Kier molecular flexibility index (Phi) is 3.89. The Labute approximate surface area is 118 Å². The molecule has 2 heterocycles. The number of alkyl halides is 3. The summed E-state index contributed by atoms with van der Waals surface area (Å²) < 4.78 is 43.1. The van der Waals surface area contributed by atoms with Gasteiger partial charge in [0.15, 0.2) is 5.69 Å². The van der Waals surface area contributed by atoms with E-state index in [4.69, 9.17) is 16.0 Å². The molecule has 0 aliphatic carbocycles. The molecule has 0 unspecified atom stereocenters. The van der Waals surface area contributed by atoms with E-state index in [1.54, 1.807) is 24.9 Å². The van der Waals surface area contributed by atoms with E-state index in [0.29, 0.717) is 12.3 Å². The Morgan fingerprint density at radius 2 is 2.05 bits per heavy atom. The molecule has 0 bridgehead atoms. The molecule has 2 aromatic rings. The minimum atomic E-state index is -4.56. The molecule has 0 N–H and O–H groups in total. The summed E-state index contributed by atoms with van der Waals surface area (Å²) in [5.41, 5.74) is -0.209. The Morgan fingerprint density at radius 3 is 2.60 bits per heavy atom. The summed E-state index contributed by atoms with van der Waals surface area (Å²) in [4.78, 5) is 8.54. The Hall–Kier alpha value is -1.76. The molecule has 0 spiro atoms. The van der Waals surface area contributed by atoms with Gasteiger partial charge in [0, 0.05) is 25.2 Å². The average molecular weight is 306 g/mol. The normalized spacial score (nSPS) is 11.7. The summed E-state index contributed by atoms with van der Waals surface area (Å²) in [6, 6.07) is 2.61. The maximum Gasteiger partial charge on any atom is 0.433 e. The lowest BCUT2D eigenvalue weighted by Gasteiger charge is -2.19. The van der Waals surface area contributed by atoms with Crippen molar-refractivity contribution in [3.8, 4) is 0 Å². The molecular weight excluding hydrogens is 295 g/mol. The zero-order valence-corrected chi connectivity index (χ0v) is 11.5. The van der Waals surface area contributed by atoms with Gasteiger partial charge in [0.05, 0.1) is 6.26 Å². The van der Waals surface area contributed by atoms with Crippen LogP contribution in [0, 0.1) is 6.92 Å². The summed E-state index contributed by atoms with van der Waals surface area (Å²) in [6.07, 6.45) is -3.04. The number of hydrogen-bond acceptors (Lipinski definition) is 4. The van der Waals surface area contributed by atoms with Crippen molar-refractivity contribution in [2.75, 3.05) is 11.9 Å². The lowest BCUT2D eigenvalue weighted by Crippen LogP contribution is -2.20. The van der Waals surface area contributed by atoms with Crippen molar-refractivity contribution in [1.82, 2.24) is 9.97 Å². The van der Waals surface area contributed by atoms with Gasteiger partial charge in [0.25, 0.3) is 0 Å². The van der Waals surface area contributed by atoms with Crippen molar-refractivity contribution in [3.63, 3.8) is 0 Å². The van der Waals surface area contributed by atoms with E-state index >= 15 is 0 Å². The second-order valence-electron chi connectivity index (χ2n) is 4.24. The molecule has 0 aromatic carbocycles. The van der Waals surface area contributed by atoms with Gasteiger partial charge in [-0.15, -0.1) is 0 Å². The zero-order valence-electron chi connectivity index (χ0n) is 10.7. The monoisotopic (exact) mass is 305 g/mol. The molecule has 0 aliphatic heterocycles. The van der Waals surface area contributed by atoms with Crippen LogP contribution in [0.5, 0.6) is 0 Å². The first kappa shape index (κ1) is 14.6. The number of aromatic nitrogens is 2. The molecule has 0 saturated carbocycles. The van der Waals surface area contributed by atoms with Gasteiger partial charge in [0.1, 0.15) is 11.6 Å². The highest BCUT2D eigenvalue weighted by molar-refractivity contribution is 6.28. The number of nitrogens with zero attached hydrogens (tertiary/aromatic N) is 3. The van der Waals surface area contributed by atoms with E-state index in [0.717, 1.165) is 11.6 Å². The van der Waals surface area contributed by atoms with Crippen LogP contribution in [0.2, 0.25) is 5.28 Å². The van der Waals surface area contributed by atoms with Crippen molar-refractivity contribution in [1.29, 1.82) is 0 Å². The van der Waals surface area contributed by atoms with Crippen LogP contribution in [0.15, 0.2) is 22.8 Å². The van der Waals surface area contributed by atoms with E-state index in [2.05, 4.69) is 9.97 Å². The molecule has 108 valence electrons. The predicted octanol–water partition coefficient (Wildman–Crippen LogP) is 3.69. The number of aryl methyl sites for hydroxylation is 1. The Balaban J connectivity index is 2.28. The number of furan rings is 1. The molecule has 8 heteroatoms. The van der Waals surface area contributed by atoms with Gasteiger partial charge >= 0.3 is 6.18 Å². The van der Waals surface area contributed by atoms with Crippen LogP contribution in [-0.2, 0) is 12.7 Å². The fourth-order valence-electron chi connectivity index (χ4n) is 1.66. The standard InChI is InChI=1S/C12H11ClF3N3O/c1-7-8(3-4-20-7)6-19(2)10-5-9(12(14,15)16)17-11(13)18-10/h3-5H,6H2,1-2H3. The molecule has 0 atom stereocenters. The Morgan fingerprint density at radius 1 is 1.35 bits per heavy atom. The first-order valence-electron chi connectivity index (χ1n) is 5.63. The third-order valence-electron chi connectivity index (χ3n) is 2.74. The highest BCUT2D eigenvalue weighted by Crippen LogP contribution is 2.30. The van der Waals surface area contributed by atoms with Crippen molar-refractivity contribution < 1.29 is 17.6 Å². The zero-order chi connectivity index (χ0) is 14.9. The molecule has 0 radical (unpaired) electrons. The summed E-state index contributed by atoms with van der Waals surface area (Å²) in [7, 11) is 1.62. The maximum absolute atomic E-state index is 12.7. The first-order valence-corrected chi connectivity index (χ1v) is 6.01. The largest absolute Gasteiger partial charge is 0.469 e. The van der Waals surface area contributed by atoms with Crippen molar-refractivity contribution in [2.24, 2.45) is 0 Å². The Bertz CT molecular complexity index is 612. The fourth-order valence-corrected chi connectivity index (χ4v) is 1.84. The second kappa shape index (κ2) is 5.32. The van der Waals surface area contributed by atoms with E-state index in [1.165, 1.54) is 6.26 Å². The first-order chi connectivity index (χ1) is 9.27. The van der Waals surface area contributed by atoms with Gasteiger partial charge in [-0.3, -0.25) is 0 Å². The maximum atomic E-state index is 12.7. The van der Waals surface area contributed by atoms with Gasteiger partial charge in [-0.1, -0.05) is 0 Å². The third-order valence-corrected chi connectivity index (χ3v) is 2.91. The lowest BCUT2D eigenvalue weighted by atomic mass is 10.2. The summed E-state index contributed by atoms with van der Waals surface area (Å²) in [6.45, 7) is 2.13. The van der Waals surface area contributed by atoms with Crippen LogP contribution in [0.4, 0.5) is 19.0 Å². The quantitative estimate of drug-likeness (QED) is 0.811. The number of anilines is 1. The van der Waals surface area contributed by atoms with E-state index in [9.17, 15) is 13.2 Å². The van der Waals surface area contributed by atoms with Gasteiger partial charge in [0.2, 0.25) is 5.28 Å². The summed E-state index contributed by atoms with van der Waals surface area (Å²) in [5.74, 6) is 0.797. The predicted molar refractivity (Wildman–Crippen MR) is 67.6 cm³/mol. The molecule has 20 heavy (non-hydrogen) atoms. The van der Waals surface area contributed by atoms with Gasteiger partial charge in [-0.25, -0.2) is 9.97 Å². The van der Waals surface area contributed by atoms with Gasteiger partial charge in [-0.2, -0.15) is 13.2 Å². The smallest absolute Gasteiger partial charge is 0.433 e. The van der Waals surface area contributed by atoms with Crippen LogP contribution in [0.3, 0.4) is 0 Å². The van der Waals surface area contributed by atoms with Crippen molar-refractivity contribution in [2.45, 2.75) is 19.6 Å². The number of halogens is 4. The molecular formula is C12H11ClF3N3O. The molecule has 0 amide bonds. The SMILES string of the molecule is Cc1occc1CN(C)c1cc(C(F)(F)F)nc(Cl)n1. The minimum absolute atomic E-state index is 0.0953. The highest BCUT2D eigenvalue weighted by atomic mass is 35.5. The average Bonchev–Trinajstić information content (AvgIpc) is 2.73. The lowest BCUT2D eigenvalue weighted by molar-refractivity contribution is -0.141. The summed E-state index contributed by atoms with van der Waals surface area (Å²) in [5, 5.41) is -0.439. The third kappa shape index (κ3) is 3.22. The van der Waals surface area contributed by atoms with Crippen molar-refractivity contribution in [3.05, 3.63) is 40.7 Å². The van der Waals surface area contributed by atoms with E-state index in [1.807, 2.05) is 0 Å². The van der Waals surface area contributed by atoms with Gasteiger partial charge in [-0.05, 0) is 24.6 Å².